The lowest BCUT2D eigenvalue weighted by Crippen LogP contribution is -2.26. The van der Waals surface area contributed by atoms with E-state index in [1.165, 1.54) is 0 Å². The van der Waals surface area contributed by atoms with Gasteiger partial charge < -0.3 is 14.8 Å². The minimum Gasteiger partial charge on any atom is -0.368 e. The van der Waals surface area contributed by atoms with E-state index in [0.717, 1.165) is 39.6 Å². The number of alkyl halides is 2. The zero-order valence-corrected chi connectivity index (χ0v) is 18.6. The number of rotatable bonds is 4. The van der Waals surface area contributed by atoms with E-state index in [1.807, 2.05) is 31.6 Å². The molecule has 0 saturated carbocycles. The Morgan fingerprint density at radius 2 is 2.09 bits per heavy atom. The van der Waals surface area contributed by atoms with Crippen molar-refractivity contribution in [1.29, 1.82) is 0 Å². The summed E-state index contributed by atoms with van der Waals surface area (Å²) in [6.07, 6.45) is 10.1. The number of benzene rings is 1. The third-order valence-electron chi connectivity index (χ3n) is 7.00. The van der Waals surface area contributed by atoms with Crippen LogP contribution in [0.5, 0.6) is 0 Å². The van der Waals surface area contributed by atoms with Gasteiger partial charge in [-0.25, -0.2) is 13.8 Å². The van der Waals surface area contributed by atoms with Gasteiger partial charge in [0.2, 0.25) is 0 Å². The smallest absolute Gasteiger partial charge is 0.161 e. The lowest BCUT2D eigenvalue weighted by molar-refractivity contribution is 0.280. The minimum absolute atomic E-state index is 0.00779. The van der Waals surface area contributed by atoms with Crippen LogP contribution < -0.4 is 10.2 Å². The molecule has 0 bridgehead atoms. The maximum Gasteiger partial charge on any atom is 0.161 e. The Labute approximate surface area is 192 Å². The minimum atomic E-state index is -0.902. The molecule has 170 valence electrons. The van der Waals surface area contributed by atoms with Gasteiger partial charge in [0.05, 0.1) is 11.4 Å². The Balaban J connectivity index is 1.37. The van der Waals surface area contributed by atoms with Crippen molar-refractivity contribution in [3.8, 4) is 17.2 Å². The van der Waals surface area contributed by atoms with Crippen LogP contribution in [0.25, 0.3) is 22.8 Å². The first kappa shape index (κ1) is 20.4. The number of halogens is 2. The standard InChI is InChI=1S/C26H27F2N5/c1-29-12-20-15-31(16-23(20)28)22-6-7-24-19(10-22)14-32-13-18(17-2-4-21(27)5-3-17)11-25(32)26-30-8-9-33(24)26/h2-4,6-11,13,20-21,23,29H,5,12,14-16H2,1H3/t20-,21?,23+/m1/s1. The van der Waals surface area contributed by atoms with E-state index in [2.05, 4.69) is 54.8 Å². The average Bonchev–Trinajstić information content (AvgIpc) is 3.52. The predicted octanol–water partition coefficient (Wildman–Crippen LogP) is 4.38. The predicted molar refractivity (Wildman–Crippen MR) is 127 cm³/mol. The van der Waals surface area contributed by atoms with Crippen LogP contribution in [0.2, 0.25) is 0 Å². The van der Waals surface area contributed by atoms with Crippen LogP contribution in [0.1, 0.15) is 17.5 Å². The maximum absolute atomic E-state index is 14.5. The molecule has 1 unspecified atom stereocenters. The summed E-state index contributed by atoms with van der Waals surface area (Å²) in [5.74, 6) is 0.893. The first-order valence-corrected chi connectivity index (χ1v) is 11.5. The van der Waals surface area contributed by atoms with Crippen LogP contribution in [0, 0.1) is 5.92 Å². The van der Waals surface area contributed by atoms with Gasteiger partial charge in [-0.3, -0.25) is 4.57 Å². The van der Waals surface area contributed by atoms with Crippen LogP contribution in [0.3, 0.4) is 0 Å². The molecule has 1 fully saturated rings. The topological polar surface area (TPSA) is 38.0 Å². The first-order chi connectivity index (χ1) is 16.1. The molecule has 0 spiro atoms. The highest BCUT2D eigenvalue weighted by Crippen LogP contribution is 2.36. The molecule has 1 aromatic carbocycles. The lowest BCUT2D eigenvalue weighted by Gasteiger charge is -2.20. The maximum atomic E-state index is 14.5. The molecule has 6 rings (SSSR count). The molecule has 1 saturated heterocycles. The molecule has 4 heterocycles. The monoisotopic (exact) mass is 447 g/mol. The fourth-order valence-corrected chi connectivity index (χ4v) is 5.29. The molecule has 2 aromatic heterocycles. The van der Waals surface area contributed by atoms with Gasteiger partial charge in [-0.2, -0.15) is 0 Å². The van der Waals surface area contributed by atoms with Gasteiger partial charge in [0.15, 0.2) is 5.82 Å². The van der Waals surface area contributed by atoms with Gasteiger partial charge in [0.25, 0.3) is 0 Å². The van der Waals surface area contributed by atoms with Crippen molar-refractivity contribution in [2.75, 3.05) is 31.6 Å². The largest absolute Gasteiger partial charge is 0.368 e. The average molecular weight is 448 g/mol. The SMILES string of the molecule is CNC[C@@H]1CN(c2ccc3c(c2)Cn2cc(C4=CCC(F)C=C4)cc2-c2nccn2-3)C[C@@H]1F. The van der Waals surface area contributed by atoms with E-state index in [-0.39, 0.29) is 5.92 Å². The molecule has 3 aliphatic rings. The normalized spacial score (nSPS) is 23.7. The van der Waals surface area contributed by atoms with E-state index in [0.29, 0.717) is 32.6 Å². The summed E-state index contributed by atoms with van der Waals surface area (Å²) in [6, 6.07) is 8.54. The fraction of sp³-hybridized carbons (Fsp3) is 0.346. The summed E-state index contributed by atoms with van der Waals surface area (Å²) in [4.78, 5) is 6.80. The summed E-state index contributed by atoms with van der Waals surface area (Å²) in [5.41, 5.74) is 6.45. The summed E-state index contributed by atoms with van der Waals surface area (Å²) >= 11 is 0. The Bertz CT molecular complexity index is 1250. The molecular weight excluding hydrogens is 420 g/mol. The summed E-state index contributed by atoms with van der Waals surface area (Å²) in [7, 11) is 1.87. The Morgan fingerprint density at radius 3 is 2.91 bits per heavy atom. The fourth-order valence-electron chi connectivity index (χ4n) is 5.29. The van der Waals surface area contributed by atoms with Crippen molar-refractivity contribution in [1.82, 2.24) is 19.4 Å². The number of allylic oxidation sites excluding steroid dienone is 4. The molecule has 1 aliphatic carbocycles. The number of aromatic nitrogens is 3. The summed E-state index contributed by atoms with van der Waals surface area (Å²) in [5, 5.41) is 3.11. The molecule has 7 heteroatoms. The van der Waals surface area contributed by atoms with E-state index in [4.69, 9.17) is 0 Å². The summed E-state index contributed by atoms with van der Waals surface area (Å²) < 4.78 is 32.4. The molecule has 2 aliphatic heterocycles. The molecule has 5 nitrogen and oxygen atoms in total. The van der Waals surface area contributed by atoms with E-state index in [9.17, 15) is 8.78 Å². The Morgan fingerprint density at radius 1 is 1.18 bits per heavy atom. The van der Waals surface area contributed by atoms with E-state index in [1.54, 1.807) is 6.08 Å². The number of imidazole rings is 1. The van der Waals surface area contributed by atoms with Crippen molar-refractivity contribution >= 4 is 11.3 Å². The molecule has 3 atom stereocenters. The quantitative estimate of drug-likeness (QED) is 0.505. The highest BCUT2D eigenvalue weighted by atomic mass is 19.1. The number of hydrogen-bond donors (Lipinski definition) is 1. The van der Waals surface area contributed by atoms with E-state index >= 15 is 0 Å². The highest BCUT2D eigenvalue weighted by molar-refractivity contribution is 5.78. The van der Waals surface area contributed by atoms with Gasteiger partial charge in [0, 0.05) is 62.8 Å². The number of nitrogens with zero attached hydrogens (tertiary/aromatic N) is 4. The van der Waals surface area contributed by atoms with Crippen LogP contribution in [-0.2, 0) is 6.54 Å². The number of anilines is 1. The third kappa shape index (κ3) is 3.51. The first-order valence-electron chi connectivity index (χ1n) is 11.5. The zero-order chi connectivity index (χ0) is 22.5. The lowest BCUT2D eigenvalue weighted by atomic mass is 10.0. The van der Waals surface area contributed by atoms with Crippen molar-refractivity contribution in [2.24, 2.45) is 5.92 Å². The molecule has 3 aromatic rings. The molecule has 0 radical (unpaired) electrons. The summed E-state index contributed by atoms with van der Waals surface area (Å²) in [6.45, 7) is 2.52. The zero-order valence-electron chi connectivity index (χ0n) is 18.6. The number of nitrogens with one attached hydrogen (secondary N) is 1. The Hall–Kier alpha value is -3.19. The van der Waals surface area contributed by atoms with Crippen LogP contribution in [-0.4, -0.2) is 53.1 Å². The molecule has 1 N–H and O–H groups in total. The number of fused-ring (bicyclic) bond motifs is 5. The van der Waals surface area contributed by atoms with Gasteiger partial charge in [-0.15, -0.1) is 0 Å². The van der Waals surface area contributed by atoms with Crippen molar-refractivity contribution in [3.63, 3.8) is 0 Å². The third-order valence-corrected chi connectivity index (χ3v) is 7.00. The second-order valence-electron chi connectivity index (χ2n) is 9.18. The molecule has 0 amide bonds. The molecular formula is C26H27F2N5. The van der Waals surface area contributed by atoms with Crippen LogP contribution in [0.4, 0.5) is 14.5 Å². The van der Waals surface area contributed by atoms with Gasteiger partial charge in [-0.05, 0) is 54.1 Å². The molecule has 33 heavy (non-hydrogen) atoms. The second kappa shape index (κ2) is 7.99. The highest BCUT2D eigenvalue weighted by Gasteiger charge is 2.33. The van der Waals surface area contributed by atoms with Crippen LogP contribution in [0.15, 0.2) is 61.1 Å². The van der Waals surface area contributed by atoms with Crippen molar-refractivity contribution < 1.29 is 8.78 Å². The second-order valence-corrected chi connectivity index (χ2v) is 9.18. The van der Waals surface area contributed by atoms with Crippen molar-refractivity contribution in [3.05, 3.63) is 72.2 Å². The van der Waals surface area contributed by atoms with Gasteiger partial charge >= 0.3 is 0 Å². The van der Waals surface area contributed by atoms with Crippen LogP contribution >= 0.6 is 0 Å². The van der Waals surface area contributed by atoms with Gasteiger partial charge in [0.1, 0.15) is 12.3 Å². The van der Waals surface area contributed by atoms with E-state index < -0.39 is 12.3 Å². The van der Waals surface area contributed by atoms with Crippen molar-refractivity contribution in [2.45, 2.75) is 25.3 Å². The Kier molecular flexibility index (Phi) is 4.94. The van der Waals surface area contributed by atoms with Gasteiger partial charge in [-0.1, -0.05) is 12.2 Å². The number of hydrogen-bond acceptors (Lipinski definition) is 3.